The van der Waals surface area contributed by atoms with Gasteiger partial charge in [0, 0.05) is 53.2 Å². The Morgan fingerprint density at radius 3 is 2.62 bits per heavy atom. The average Bonchev–Trinajstić information content (AvgIpc) is 2.97. The third-order valence-corrected chi connectivity index (χ3v) is 6.15. The van der Waals surface area contributed by atoms with Gasteiger partial charge < -0.3 is 23.8 Å². The molecular weight excluding hydrogens is 496 g/mol. The van der Waals surface area contributed by atoms with E-state index in [4.69, 9.17) is 35.8 Å². The van der Waals surface area contributed by atoms with Gasteiger partial charge in [-0.05, 0) is 24.3 Å². The highest BCUT2D eigenvalue weighted by Gasteiger charge is 2.39. The molecule has 2 aromatic carbocycles. The summed E-state index contributed by atoms with van der Waals surface area (Å²) in [4.78, 5) is 27.0. The number of carbonyl (C=O) groups excluding carboxylic acids is 2. The predicted octanol–water partition coefficient (Wildman–Crippen LogP) is 5.24. The number of rotatable bonds is 9. The van der Waals surface area contributed by atoms with Crippen molar-refractivity contribution in [3.8, 4) is 17.6 Å². The number of allylic oxidation sites excluding steroid dienone is 1. The van der Waals surface area contributed by atoms with Crippen LogP contribution in [-0.2, 0) is 19.1 Å². The highest BCUT2D eigenvalue weighted by molar-refractivity contribution is 6.30. The van der Waals surface area contributed by atoms with Crippen molar-refractivity contribution in [2.24, 2.45) is 5.41 Å². The van der Waals surface area contributed by atoms with E-state index in [-0.39, 0.29) is 25.5 Å². The Kier molecular flexibility index (Phi) is 9.19. The molecule has 0 aliphatic carbocycles. The Morgan fingerprint density at radius 2 is 1.97 bits per heavy atom. The largest absolute Gasteiger partial charge is 0.493 e. The Morgan fingerprint density at radius 1 is 1.22 bits per heavy atom. The van der Waals surface area contributed by atoms with Gasteiger partial charge in [-0.1, -0.05) is 43.7 Å². The smallest absolute Gasteiger partial charge is 0.302 e. The Balaban J connectivity index is 2.20. The van der Waals surface area contributed by atoms with E-state index >= 15 is 0 Å². The van der Waals surface area contributed by atoms with E-state index < -0.39 is 23.6 Å². The fraction of sp³-hybridized carbons (Fsp3) is 0.393. The number of fused-ring (bicyclic) bond motifs is 1. The Labute approximate surface area is 222 Å². The van der Waals surface area contributed by atoms with Gasteiger partial charge in [-0.25, -0.2) is 0 Å². The summed E-state index contributed by atoms with van der Waals surface area (Å²) < 4.78 is 22.9. The van der Waals surface area contributed by atoms with Crippen LogP contribution in [0.1, 0.15) is 44.4 Å². The topological polar surface area (TPSA) is 98.1 Å². The second kappa shape index (κ2) is 12.1. The number of hydrogen-bond acceptors (Lipinski definition) is 7. The summed E-state index contributed by atoms with van der Waals surface area (Å²) in [5.74, 6) is 0.313. The third-order valence-electron chi connectivity index (χ3n) is 5.92. The molecule has 1 aliphatic rings. The average molecular weight is 527 g/mol. The first-order valence-corrected chi connectivity index (χ1v) is 12.1. The molecule has 1 aliphatic heterocycles. The number of methoxy groups -OCH3 is 2. The van der Waals surface area contributed by atoms with E-state index in [1.54, 1.807) is 49.5 Å². The number of halogens is 1. The van der Waals surface area contributed by atoms with E-state index in [0.29, 0.717) is 33.3 Å². The van der Waals surface area contributed by atoms with Crippen molar-refractivity contribution in [1.82, 2.24) is 0 Å². The lowest BCUT2D eigenvalue weighted by atomic mass is 9.92. The van der Waals surface area contributed by atoms with Gasteiger partial charge in [0.05, 0.1) is 26.9 Å². The molecule has 0 saturated heterocycles. The summed E-state index contributed by atoms with van der Waals surface area (Å²) in [6.07, 6.45) is 1.46. The van der Waals surface area contributed by atoms with Crippen molar-refractivity contribution in [1.29, 1.82) is 5.26 Å². The van der Waals surface area contributed by atoms with E-state index in [1.807, 2.05) is 32.0 Å². The van der Waals surface area contributed by atoms with Crippen LogP contribution >= 0.6 is 11.6 Å². The maximum atomic E-state index is 13.9. The lowest BCUT2D eigenvalue weighted by molar-refractivity contribution is -0.143. The van der Waals surface area contributed by atoms with Crippen LogP contribution in [-0.4, -0.2) is 45.4 Å². The maximum absolute atomic E-state index is 13.9. The molecule has 0 unspecified atom stereocenters. The molecule has 2 atom stereocenters. The van der Waals surface area contributed by atoms with Crippen LogP contribution in [0.2, 0.25) is 5.02 Å². The molecule has 0 bridgehead atoms. The zero-order chi connectivity index (χ0) is 27.2. The van der Waals surface area contributed by atoms with E-state index in [0.717, 1.165) is 0 Å². The van der Waals surface area contributed by atoms with Crippen LogP contribution in [0.25, 0.3) is 0 Å². The first kappa shape index (κ1) is 28.0. The Hall–Kier alpha value is -3.54. The molecule has 196 valence electrons. The molecule has 0 fully saturated rings. The van der Waals surface area contributed by atoms with Crippen LogP contribution in [0, 0.1) is 16.7 Å². The monoisotopic (exact) mass is 526 g/mol. The maximum Gasteiger partial charge on any atom is 0.302 e. The first-order valence-electron chi connectivity index (χ1n) is 11.8. The Bertz CT molecular complexity index is 1220. The van der Waals surface area contributed by atoms with Gasteiger partial charge in [0.1, 0.15) is 12.2 Å². The lowest BCUT2D eigenvalue weighted by Gasteiger charge is -2.33. The third kappa shape index (κ3) is 6.62. The minimum atomic E-state index is -0.916. The first-order chi connectivity index (χ1) is 17.6. The van der Waals surface area contributed by atoms with Gasteiger partial charge in [-0.2, -0.15) is 5.26 Å². The van der Waals surface area contributed by atoms with E-state index in [2.05, 4.69) is 0 Å². The quantitative estimate of drug-likeness (QED) is 0.325. The zero-order valence-corrected chi connectivity index (χ0v) is 22.4. The molecule has 1 amide bonds. The molecule has 37 heavy (non-hydrogen) atoms. The highest BCUT2D eigenvalue weighted by Crippen LogP contribution is 2.45. The number of hydrogen-bond donors (Lipinski definition) is 0. The minimum absolute atomic E-state index is 0.127. The van der Waals surface area contributed by atoms with Gasteiger partial charge in [0.25, 0.3) is 5.91 Å². The highest BCUT2D eigenvalue weighted by atomic mass is 35.5. The fourth-order valence-electron chi connectivity index (χ4n) is 4.26. The van der Waals surface area contributed by atoms with Crippen LogP contribution in [0.15, 0.2) is 48.6 Å². The van der Waals surface area contributed by atoms with Crippen molar-refractivity contribution in [3.63, 3.8) is 0 Å². The lowest BCUT2D eigenvalue weighted by Crippen LogP contribution is -2.45. The van der Waals surface area contributed by atoms with Crippen molar-refractivity contribution < 1.29 is 28.5 Å². The van der Waals surface area contributed by atoms with Crippen molar-refractivity contribution in [2.45, 2.75) is 39.4 Å². The number of amides is 1. The molecule has 0 radical (unpaired) electrons. The van der Waals surface area contributed by atoms with Gasteiger partial charge in [0.15, 0.2) is 11.5 Å². The number of benzene rings is 2. The molecule has 1 heterocycles. The summed E-state index contributed by atoms with van der Waals surface area (Å²) in [5, 5.41) is 9.47. The number of nitriles is 1. The van der Waals surface area contributed by atoms with Gasteiger partial charge >= 0.3 is 5.97 Å². The summed E-state index contributed by atoms with van der Waals surface area (Å²) in [6.45, 7) is 5.55. The fourth-order valence-corrected chi connectivity index (χ4v) is 4.44. The molecule has 0 saturated carbocycles. The predicted molar refractivity (Wildman–Crippen MR) is 140 cm³/mol. The second-order valence-corrected chi connectivity index (χ2v) is 9.86. The number of esters is 1. The van der Waals surface area contributed by atoms with Crippen molar-refractivity contribution >= 4 is 29.2 Å². The molecular formula is C28H31ClN2O6. The molecule has 0 spiro atoms. The molecule has 9 heteroatoms. The molecule has 0 N–H and O–H groups in total. The van der Waals surface area contributed by atoms with Gasteiger partial charge in [0.2, 0.25) is 0 Å². The zero-order valence-electron chi connectivity index (χ0n) is 21.6. The van der Waals surface area contributed by atoms with Crippen LogP contribution in [0.3, 0.4) is 0 Å². The van der Waals surface area contributed by atoms with E-state index in [1.165, 1.54) is 13.0 Å². The molecule has 0 aromatic heterocycles. The minimum Gasteiger partial charge on any atom is -0.493 e. The second-order valence-electron chi connectivity index (χ2n) is 9.43. The SMILES string of the molecule is COc1cccc([C@H]2O[C@H](CC=CC#N)C(=O)N(CC(C)(C)COC(C)=O)c3ccc(Cl)cc32)c1OC. The number of carbonyl (C=O) groups is 2. The molecule has 3 rings (SSSR count). The van der Waals surface area contributed by atoms with Crippen molar-refractivity contribution in [3.05, 3.63) is 64.7 Å². The normalized spacial score (nSPS) is 17.6. The van der Waals surface area contributed by atoms with E-state index in [9.17, 15) is 9.59 Å². The van der Waals surface area contributed by atoms with Crippen LogP contribution in [0.4, 0.5) is 5.69 Å². The number of para-hydroxylation sites is 1. The summed E-state index contributed by atoms with van der Waals surface area (Å²) >= 11 is 6.44. The number of ether oxygens (including phenoxy) is 4. The standard InChI is InChI=1S/C28H31ClN2O6/c1-18(32)36-17-28(2,3)16-31-22-13-12-19(29)15-21(22)25(37-24(27(31)33)10-6-7-14-30)20-9-8-11-23(34-4)26(20)35-5/h6-9,11-13,15,24-25H,10,16-17H2,1-5H3/t24-,25-/m1/s1. The van der Waals surface area contributed by atoms with Crippen molar-refractivity contribution in [2.75, 3.05) is 32.3 Å². The van der Waals surface area contributed by atoms with Gasteiger partial charge in [-0.3, -0.25) is 9.59 Å². The summed E-state index contributed by atoms with van der Waals surface area (Å²) in [7, 11) is 3.09. The molecule has 2 aromatic rings. The van der Waals surface area contributed by atoms with Gasteiger partial charge in [-0.15, -0.1) is 0 Å². The number of nitrogens with zero attached hydrogens (tertiary/aromatic N) is 2. The van der Waals surface area contributed by atoms with Crippen LogP contribution in [0.5, 0.6) is 11.5 Å². The number of anilines is 1. The summed E-state index contributed by atoms with van der Waals surface area (Å²) in [5.41, 5.74) is 1.38. The summed E-state index contributed by atoms with van der Waals surface area (Å²) in [6, 6.07) is 12.7. The molecule has 8 nitrogen and oxygen atoms in total. The van der Waals surface area contributed by atoms with Crippen LogP contribution < -0.4 is 14.4 Å².